The van der Waals surface area contributed by atoms with Gasteiger partial charge in [0.15, 0.2) is 16.8 Å². The van der Waals surface area contributed by atoms with Gasteiger partial charge in [-0.2, -0.15) is 0 Å². The Balaban J connectivity index is 1.82. The molecule has 1 aromatic heterocycles. The summed E-state index contributed by atoms with van der Waals surface area (Å²) in [7, 11) is 1.84. The highest BCUT2D eigenvalue weighted by Gasteiger charge is 2.22. The van der Waals surface area contributed by atoms with E-state index in [4.69, 9.17) is 0 Å². The van der Waals surface area contributed by atoms with Crippen LogP contribution >= 0.6 is 11.8 Å². The molecule has 0 bridgehead atoms. The van der Waals surface area contributed by atoms with Crippen molar-refractivity contribution in [3.63, 3.8) is 0 Å². The minimum Gasteiger partial charge on any atom is -0.305 e. The first-order valence-corrected chi connectivity index (χ1v) is 9.18. The number of aromatic nitrogens is 3. The monoisotopic (exact) mass is 369 g/mol. The summed E-state index contributed by atoms with van der Waals surface area (Å²) in [4.78, 5) is 12.8. The lowest BCUT2D eigenvalue weighted by atomic mass is 10.0. The van der Waals surface area contributed by atoms with Crippen molar-refractivity contribution in [3.8, 4) is 11.4 Å². The Morgan fingerprint density at radius 1 is 1.12 bits per heavy atom. The number of Topliss-reactive ketones (excluding diaryl/α,β-unsaturated/α-hetero) is 1. The van der Waals surface area contributed by atoms with E-state index in [-0.39, 0.29) is 16.9 Å². The van der Waals surface area contributed by atoms with Gasteiger partial charge in [0.1, 0.15) is 5.82 Å². The van der Waals surface area contributed by atoms with Crippen LogP contribution in [0.5, 0.6) is 0 Å². The second-order valence-electron chi connectivity index (χ2n) is 6.31. The predicted octanol–water partition coefficient (Wildman–Crippen LogP) is 4.60. The molecule has 0 saturated carbocycles. The third kappa shape index (κ3) is 3.70. The van der Waals surface area contributed by atoms with Gasteiger partial charge in [-0.3, -0.25) is 4.79 Å². The number of thioether (sulfide) groups is 1. The third-order valence-corrected chi connectivity index (χ3v) is 5.38. The number of hydrogen-bond donors (Lipinski definition) is 0. The van der Waals surface area contributed by atoms with Crippen molar-refractivity contribution in [2.24, 2.45) is 7.05 Å². The van der Waals surface area contributed by atoms with Crippen LogP contribution in [0.4, 0.5) is 4.39 Å². The maximum atomic E-state index is 13.1. The topological polar surface area (TPSA) is 47.8 Å². The first-order valence-electron chi connectivity index (χ1n) is 8.30. The SMILES string of the molecule is Cc1ccc(C)c(C(=O)[C@@H](C)Sc2nnc(-c3ccc(F)cc3)n2C)c1. The molecule has 0 radical (unpaired) electrons. The molecular weight excluding hydrogens is 349 g/mol. The van der Waals surface area contributed by atoms with Crippen molar-refractivity contribution in [2.45, 2.75) is 31.2 Å². The van der Waals surface area contributed by atoms with E-state index in [9.17, 15) is 9.18 Å². The molecule has 0 aliphatic heterocycles. The van der Waals surface area contributed by atoms with E-state index in [0.29, 0.717) is 11.0 Å². The molecule has 0 amide bonds. The molecule has 0 fully saturated rings. The third-order valence-electron chi connectivity index (χ3n) is 4.25. The minimum atomic E-state index is -0.293. The van der Waals surface area contributed by atoms with Gasteiger partial charge in [-0.05, 0) is 56.7 Å². The molecule has 1 heterocycles. The molecule has 134 valence electrons. The quantitative estimate of drug-likeness (QED) is 0.487. The Morgan fingerprint density at radius 2 is 1.81 bits per heavy atom. The average Bonchev–Trinajstić information content (AvgIpc) is 2.98. The Kier molecular flexibility index (Phi) is 5.23. The number of ketones is 1. The summed E-state index contributed by atoms with van der Waals surface area (Å²) < 4.78 is 14.9. The largest absolute Gasteiger partial charge is 0.305 e. The molecule has 6 heteroatoms. The summed E-state index contributed by atoms with van der Waals surface area (Å²) in [5.41, 5.74) is 3.55. The molecule has 4 nitrogen and oxygen atoms in total. The smallest absolute Gasteiger partial charge is 0.191 e. The summed E-state index contributed by atoms with van der Waals surface area (Å²) in [5.74, 6) is 0.416. The van der Waals surface area contributed by atoms with Gasteiger partial charge in [-0.1, -0.05) is 29.5 Å². The molecule has 26 heavy (non-hydrogen) atoms. The van der Waals surface area contributed by atoms with Crippen LogP contribution in [0.1, 0.15) is 28.4 Å². The summed E-state index contributed by atoms with van der Waals surface area (Å²) in [6.07, 6.45) is 0. The van der Waals surface area contributed by atoms with Crippen LogP contribution in [0.15, 0.2) is 47.6 Å². The van der Waals surface area contributed by atoms with Crippen LogP contribution in [0.2, 0.25) is 0 Å². The predicted molar refractivity (Wildman–Crippen MR) is 102 cm³/mol. The highest BCUT2D eigenvalue weighted by molar-refractivity contribution is 8.00. The van der Waals surface area contributed by atoms with Crippen molar-refractivity contribution in [2.75, 3.05) is 0 Å². The first-order chi connectivity index (χ1) is 12.4. The van der Waals surface area contributed by atoms with Gasteiger partial charge in [-0.15, -0.1) is 10.2 Å². The van der Waals surface area contributed by atoms with E-state index >= 15 is 0 Å². The van der Waals surface area contributed by atoms with Gasteiger partial charge in [0.25, 0.3) is 0 Å². The number of benzene rings is 2. The summed E-state index contributed by atoms with van der Waals surface area (Å²) in [6, 6.07) is 12.0. The lowest BCUT2D eigenvalue weighted by Gasteiger charge is -2.12. The van der Waals surface area contributed by atoms with E-state index in [1.54, 1.807) is 12.1 Å². The van der Waals surface area contributed by atoms with Crippen molar-refractivity contribution in [1.29, 1.82) is 0 Å². The fraction of sp³-hybridized carbons (Fsp3) is 0.250. The van der Waals surface area contributed by atoms with Gasteiger partial charge in [0.2, 0.25) is 0 Å². The standard InChI is InChI=1S/C20H20FN3OS/c1-12-5-6-13(2)17(11-12)18(25)14(3)26-20-23-22-19(24(20)4)15-7-9-16(21)10-8-15/h5-11,14H,1-4H3/t14-/m1/s1. The van der Waals surface area contributed by atoms with Crippen LogP contribution in [-0.2, 0) is 7.05 Å². The maximum Gasteiger partial charge on any atom is 0.191 e. The molecule has 2 aromatic carbocycles. The van der Waals surface area contributed by atoms with E-state index in [1.165, 1.54) is 23.9 Å². The molecule has 0 aliphatic carbocycles. The lowest BCUT2D eigenvalue weighted by molar-refractivity contribution is 0.0993. The van der Waals surface area contributed by atoms with Crippen molar-refractivity contribution >= 4 is 17.5 Å². The fourth-order valence-corrected chi connectivity index (χ4v) is 3.58. The number of carbonyl (C=O) groups is 1. The first kappa shape index (κ1) is 18.3. The zero-order valence-corrected chi connectivity index (χ0v) is 16.0. The Labute approximate surface area is 156 Å². The molecular formula is C20H20FN3OS. The van der Waals surface area contributed by atoms with Crippen molar-refractivity contribution in [1.82, 2.24) is 14.8 Å². The summed E-state index contributed by atoms with van der Waals surface area (Å²) >= 11 is 1.37. The van der Waals surface area contributed by atoms with Gasteiger partial charge in [0, 0.05) is 18.2 Å². The molecule has 1 atom stereocenters. The zero-order valence-electron chi connectivity index (χ0n) is 15.2. The van der Waals surface area contributed by atoms with Crippen molar-refractivity contribution in [3.05, 3.63) is 65.0 Å². The molecule has 0 spiro atoms. The minimum absolute atomic E-state index is 0.0718. The van der Waals surface area contributed by atoms with Gasteiger partial charge in [-0.25, -0.2) is 4.39 Å². The van der Waals surface area contributed by atoms with Crippen LogP contribution < -0.4 is 0 Å². The molecule has 3 rings (SSSR count). The highest BCUT2D eigenvalue weighted by atomic mass is 32.2. The number of carbonyl (C=O) groups excluding carboxylic acids is 1. The summed E-state index contributed by atoms with van der Waals surface area (Å²) in [6.45, 7) is 5.80. The van der Waals surface area contributed by atoms with Crippen molar-refractivity contribution < 1.29 is 9.18 Å². The summed E-state index contributed by atoms with van der Waals surface area (Å²) in [5, 5.41) is 8.75. The van der Waals surface area contributed by atoms with Crippen LogP contribution in [-0.4, -0.2) is 25.8 Å². The second-order valence-corrected chi connectivity index (χ2v) is 7.62. The number of hydrogen-bond acceptors (Lipinski definition) is 4. The number of aryl methyl sites for hydroxylation is 2. The zero-order chi connectivity index (χ0) is 18.8. The lowest BCUT2D eigenvalue weighted by Crippen LogP contribution is -2.16. The van der Waals surface area contributed by atoms with E-state index in [0.717, 1.165) is 22.3 Å². The highest BCUT2D eigenvalue weighted by Crippen LogP contribution is 2.28. The Bertz CT molecular complexity index is 950. The molecule has 3 aromatic rings. The average molecular weight is 369 g/mol. The van der Waals surface area contributed by atoms with Crippen LogP contribution in [0.25, 0.3) is 11.4 Å². The Morgan fingerprint density at radius 3 is 2.50 bits per heavy atom. The van der Waals surface area contributed by atoms with E-state index in [2.05, 4.69) is 10.2 Å². The van der Waals surface area contributed by atoms with E-state index in [1.807, 2.05) is 50.6 Å². The second kappa shape index (κ2) is 7.41. The molecule has 0 unspecified atom stereocenters. The van der Waals surface area contributed by atoms with Gasteiger partial charge >= 0.3 is 0 Å². The molecule has 0 N–H and O–H groups in total. The number of rotatable bonds is 5. The van der Waals surface area contributed by atoms with E-state index < -0.39 is 0 Å². The van der Waals surface area contributed by atoms with Crippen LogP contribution in [0, 0.1) is 19.7 Å². The molecule has 0 saturated heterocycles. The number of halogens is 1. The van der Waals surface area contributed by atoms with Crippen LogP contribution in [0.3, 0.4) is 0 Å². The van der Waals surface area contributed by atoms with Gasteiger partial charge < -0.3 is 4.57 Å². The normalized spacial score (nSPS) is 12.2. The Hall–Kier alpha value is -2.47. The number of nitrogens with zero attached hydrogens (tertiary/aromatic N) is 3. The molecule has 0 aliphatic rings. The van der Waals surface area contributed by atoms with Gasteiger partial charge in [0.05, 0.1) is 5.25 Å². The fourth-order valence-electron chi connectivity index (χ4n) is 2.70. The maximum absolute atomic E-state index is 13.1.